The van der Waals surface area contributed by atoms with Crippen molar-refractivity contribution in [3.8, 4) is 0 Å². The summed E-state index contributed by atoms with van der Waals surface area (Å²) in [5.41, 5.74) is 0.727. The second kappa shape index (κ2) is 6.61. The maximum absolute atomic E-state index is 12.8. The van der Waals surface area contributed by atoms with Gasteiger partial charge in [-0.2, -0.15) is 0 Å². The van der Waals surface area contributed by atoms with Crippen molar-refractivity contribution in [2.24, 2.45) is 12.5 Å². The molecule has 2 saturated heterocycles. The number of hydrogen-bond donors (Lipinski definition) is 0. The van der Waals surface area contributed by atoms with Gasteiger partial charge in [0.1, 0.15) is 5.69 Å². The summed E-state index contributed by atoms with van der Waals surface area (Å²) >= 11 is 0. The smallest absolute Gasteiger partial charge is 0.272 e. The lowest BCUT2D eigenvalue weighted by Crippen LogP contribution is -2.53. The quantitative estimate of drug-likeness (QED) is 0.826. The fraction of sp³-hybridized carbons (Fsp3) is 0.765. The molecule has 1 aromatic heterocycles. The highest BCUT2D eigenvalue weighted by Gasteiger charge is 2.41. The van der Waals surface area contributed by atoms with E-state index in [1.807, 2.05) is 11.9 Å². The van der Waals surface area contributed by atoms with Gasteiger partial charge < -0.3 is 14.2 Å². The first kappa shape index (κ1) is 16.5. The lowest BCUT2D eigenvalue weighted by atomic mass is 9.79. The number of amides is 1. The fourth-order valence-electron chi connectivity index (χ4n) is 3.82. The van der Waals surface area contributed by atoms with Crippen LogP contribution in [0.5, 0.6) is 0 Å². The zero-order chi connectivity index (χ0) is 16.4. The molecule has 0 saturated carbocycles. The Hall–Kier alpha value is -1.40. The van der Waals surface area contributed by atoms with Gasteiger partial charge in [-0.05, 0) is 26.7 Å². The maximum Gasteiger partial charge on any atom is 0.272 e. The van der Waals surface area contributed by atoms with Crippen molar-refractivity contribution in [3.05, 3.63) is 18.2 Å². The Labute approximate surface area is 138 Å². The highest BCUT2D eigenvalue weighted by molar-refractivity contribution is 5.92. The summed E-state index contributed by atoms with van der Waals surface area (Å²) in [5, 5.41) is 0. The van der Waals surface area contributed by atoms with Crippen LogP contribution in [0.2, 0.25) is 0 Å². The maximum atomic E-state index is 12.8. The Kier molecular flexibility index (Phi) is 4.73. The molecule has 3 rings (SSSR count). The Balaban J connectivity index is 1.76. The van der Waals surface area contributed by atoms with Crippen LogP contribution in [0.1, 0.15) is 37.2 Å². The van der Waals surface area contributed by atoms with Gasteiger partial charge in [-0.3, -0.25) is 9.69 Å². The SMILES string of the molecule is CC(C)N1CCOC[C@]2(CCCN(C(=O)c3cncn3C)C2)C1. The number of aryl methyl sites for hydroxylation is 1. The molecular formula is C17H28N4O2. The van der Waals surface area contributed by atoms with Crippen LogP contribution >= 0.6 is 0 Å². The number of rotatable bonds is 2. The van der Waals surface area contributed by atoms with Crippen molar-refractivity contribution < 1.29 is 9.53 Å². The zero-order valence-corrected chi connectivity index (χ0v) is 14.5. The molecule has 128 valence electrons. The molecule has 2 aliphatic rings. The molecule has 6 heteroatoms. The van der Waals surface area contributed by atoms with E-state index in [2.05, 4.69) is 23.7 Å². The zero-order valence-electron chi connectivity index (χ0n) is 14.5. The van der Waals surface area contributed by atoms with Crippen LogP contribution in [-0.4, -0.2) is 70.7 Å². The highest BCUT2D eigenvalue weighted by Crippen LogP contribution is 2.34. The molecule has 0 unspecified atom stereocenters. The number of likely N-dealkylation sites (tertiary alicyclic amines) is 1. The number of hydrogen-bond acceptors (Lipinski definition) is 4. The molecule has 0 aromatic carbocycles. The van der Waals surface area contributed by atoms with Gasteiger partial charge in [0.25, 0.3) is 5.91 Å². The molecule has 1 spiro atoms. The predicted octanol–water partition coefficient (Wildman–Crippen LogP) is 1.38. The van der Waals surface area contributed by atoms with Crippen molar-refractivity contribution in [1.29, 1.82) is 0 Å². The monoisotopic (exact) mass is 320 g/mol. The number of imidazole rings is 1. The average Bonchev–Trinajstić information content (AvgIpc) is 2.85. The van der Waals surface area contributed by atoms with E-state index in [1.165, 1.54) is 0 Å². The topological polar surface area (TPSA) is 50.6 Å². The van der Waals surface area contributed by atoms with Gasteiger partial charge in [-0.15, -0.1) is 0 Å². The van der Waals surface area contributed by atoms with E-state index in [-0.39, 0.29) is 11.3 Å². The molecule has 6 nitrogen and oxygen atoms in total. The van der Waals surface area contributed by atoms with Crippen molar-refractivity contribution in [1.82, 2.24) is 19.4 Å². The summed E-state index contributed by atoms with van der Waals surface area (Å²) in [6, 6.07) is 0.511. The van der Waals surface area contributed by atoms with E-state index in [9.17, 15) is 4.79 Å². The Morgan fingerprint density at radius 1 is 1.35 bits per heavy atom. The molecule has 0 aliphatic carbocycles. The molecular weight excluding hydrogens is 292 g/mol. The predicted molar refractivity (Wildman–Crippen MR) is 88.3 cm³/mol. The van der Waals surface area contributed by atoms with Crippen molar-refractivity contribution in [3.63, 3.8) is 0 Å². The molecule has 1 atom stereocenters. The lowest BCUT2D eigenvalue weighted by Gasteiger charge is -2.44. The Morgan fingerprint density at radius 2 is 2.17 bits per heavy atom. The summed E-state index contributed by atoms with van der Waals surface area (Å²) in [4.78, 5) is 21.4. The van der Waals surface area contributed by atoms with Crippen molar-refractivity contribution in [2.75, 3.05) is 39.4 Å². The van der Waals surface area contributed by atoms with Crippen LogP contribution < -0.4 is 0 Å². The van der Waals surface area contributed by atoms with Gasteiger partial charge in [-0.25, -0.2) is 4.98 Å². The van der Waals surface area contributed by atoms with E-state index < -0.39 is 0 Å². The van der Waals surface area contributed by atoms with Gasteiger partial charge in [-0.1, -0.05) is 0 Å². The first-order chi connectivity index (χ1) is 11.0. The summed E-state index contributed by atoms with van der Waals surface area (Å²) in [6.07, 6.45) is 5.51. The minimum atomic E-state index is 0.0628. The van der Waals surface area contributed by atoms with Gasteiger partial charge in [0.15, 0.2) is 0 Å². The van der Waals surface area contributed by atoms with E-state index in [0.717, 1.165) is 52.2 Å². The van der Waals surface area contributed by atoms with E-state index in [1.54, 1.807) is 17.1 Å². The van der Waals surface area contributed by atoms with E-state index in [4.69, 9.17) is 4.74 Å². The number of ether oxygens (including phenoxy) is 1. The minimum absolute atomic E-state index is 0.0628. The van der Waals surface area contributed by atoms with Gasteiger partial charge >= 0.3 is 0 Å². The number of carbonyl (C=O) groups is 1. The van der Waals surface area contributed by atoms with Crippen molar-refractivity contribution in [2.45, 2.75) is 32.7 Å². The second-order valence-corrected chi connectivity index (χ2v) is 7.34. The molecule has 1 aromatic rings. The molecule has 23 heavy (non-hydrogen) atoms. The molecule has 0 bridgehead atoms. The first-order valence-corrected chi connectivity index (χ1v) is 8.58. The van der Waals surface area contributed by atoms with Crippen LogP contribution in [0.4, 0.5) is 0 Å². The standard InChI is InChI=1S/C17H28N4O2/c1-14(2)20-7-8-23-12-17(10-20)5-4-6-21(11-17)16(22)15-9-18-13-19(15)3/h9,13-14H,4-8,10-12H2,1-3H3/t17-/m1/s1. The van der Waals surface area contributed by atoms with Crippen LogP contribution in [-0.2, 0) is 11.8 Å². The number of piperidine rings is 1. The Bertz CT molecular complexity index is 557. The van der Waals surface area contributed by atoms with Crippen molar-refractivity contribution >= 4 is 5.91 Å². The van der Waals surface area contributed by atoms with Crippen LogP contribution in [0, 0.1) is 5.41 Å². The molecule has 0 N–H and O–H groups in total. The third kappa shape index (κ3) is 3.43. The van der Waals surface area contributed by atoms with E-state index >= 15 is 0 Å². The summed E-state index contributed by atoms with van der Waals surface area (Å²) in [6.45, 7) is 9.62. The third-order valence-electron chi connectivity index (χ3n) is 5.18. The van der Waals surface area contributed by atoms with Crippen LogP contribution in [0.15, 0.2) is 12.5 Å². The summed E-state index contributed by atoms with van der Waals surface area (Å²) < 4.78 is 7.71. The summed E-state index contributed by atoms with van der Waals surface area (Å²) in [7, 11) is 1.87. The highest BCUT2D eigenvalue weighted by atomic mass is 16.5. The van der Waals surface area contributed by atoms with Gasteiger partial charge in [0.05, 0.1) is 25.7 Å². The largest absolute Gasteiger partial charge is 0.379 e. The first-order valence-electron chi connectivity index (χ1n) is 8.58. The number of nitrogens with zero attached hydrogens (tertiary/aromatic N) is 4. The second-order valence-electron chi connectivity index (χ2n) is 7.34. The van der Waals surface area contributed by atoms with Crippen LogP contribution in [0.3, 0.4) is 0 Å². The van der Waals surface area contributed by atoms with Gasteiger partial charge in [0, 0.05) is 44.7 Å². The minimum Gasteiger partial charge on any atom is -0.379 e. The molecule has 2 aliphatic heterocycles. The number of aromatic nitrogens is 2. The molecule has 2 fully saturated rings. The normalized spacial score (nSPS) is 26.7. The lowest BCUT2D eigenvalue weighted by molar-refractivity contribution is 0.00536. The fourth-order valence-corrected chi connectivity index (χ4v) is 3.82. The number of carbonyl (C=O) groups excluding carboxylic acids is 1. The molecule has 0 radical (unpaired) electrons. The third-order valence-corrected chi connectivity index (χ3v) is 5.18. The van der Waals surface area contributed by atoms with Crippen LogP contribution in [0.25, 0.3) is 0 Å². The average molecular weight is 320 g/mol. The molecule has 3 heterocycles. The van der Waals surface area contributed by atoms with Gasteiger partial charge in [0.2, 0.25) is 0 Å². The summed E-state index contributed by atoms with van der Waals surface area (Å²) in [5.74, 6) is 0.0874. The Morgan fingerprint density at radius 3 is 2.87 bits per heavy atom. The van der Waals surface area contributed by atoms with E-state index in [0.29, 0.717) is 11.7 Å². The molecule has 1 amide bonds.